The minimum absolute atomic E-state index is 0. The first-order valence-corrected chi connectivity index (χ1v) is 26.2. The van der Waals surface area contributed by atoms with E-state index in [1.165, 1.54) is 54.0 Å². The number of nitrogens with one attached hydrogen (secondary N) is 2. The molecule has 0 bridgehead atoms. The quantitative estimate of drug-likeness (QED) is 0.0254. The predicted molar refractivity (Wildman–Crippen MR) is 304 cm³/mol. The van der Waals surface area contributed by atoms with Crippen LogP contribution in [0.1, 0.15) is 77.0 Å². The zero-order valence-corrected chi connectivity index (χ0v) is 48.7. The van der Waals surface area contributed by atoms with E-state index in [0.29, 0.717) is 71.2 Å². The van der Waals surface area contributed by atoms with Crippen molar-refractivity contribution in [2.75, 3.05) is 51.9 Å². The fourth-order valence-electron chi connectivity index (χ4n) is 7.30. The number of carbonyl (C=O) groups is 4. The number of halogens is 6. The van der Waals surface area contributed by atoms with E-state index in [2.05, 4.69) is 50.5 Å². The Hall–Kier alpha value is -6.56. The minimum atomic E-state index is -0.574. The van der Waals surface area contributed by atoms with Crippen LogP contribution in [0.2, 0.25) is 30.9 Å². The molecular formula is C49H53Cl6N16O8Pd-. The number of aromatic nitrogens is 8. The van der Waals surface area contributed by atoms with Crippen molar-refractivity contribution in [3.63, 3.8) is 0 Å². The number of rotatable bonds is 7. The molecule has 4 aliphatic rings. The molecule has 430 valence electrons. The van der Waals surface area contributed by atoms with Crippen molar-refractivity contribution in [2.24, 2.45) is 0 Å². The number of nitrogens with two attached hydrogens (primary N) is 1. The van der Waals surface area contributed by atoms with Gasteiger partial charge < -0.3 is 23.8 Å². The van der Waals surface area contributed by atoms with Crippen molar-refractivity contribution in [1.82, 2.24) is 45.2 Å². The summed E-state index contributed by atoms with van der Waals surface area (Å²) in [7, 11) is 0. The molecule has 10 heterocycles. The number of carbonyl (C=O) groups excluding carboxylic acids is 4. The smallest absolute Gasteiger partial charge is 0.312 e. The van der Waals surface area contributed by atoms with Gasteiger partial charge in [0, 0.05) is 109 Å². The standard InChI is InChI=1S/C14H13Cl2N5O.C10H11N3O3.C10H13N3O.C5H3ClN2O2.C5H9NO.C4HCl3N2.CH3.Pd/c15-9-8-18-14(16)20-12(9)19-10-4-3-6-17-13(10)21-7-2-1-5-11(21)22;14-9-5-1-2-7-12(9)10-8(13(15)16)4-3-6-11-10;11-8-4-3-6-12-10(8)13-7-2-1-5-9(13)14;6-5-4(8(9)10)2-1-3-7-5;7-5-3-1-2-4-6-5;5-2-1-8-4(7)9-3(2)6;;/h3-4,6,8H,1-2,5,7H2,(H,18,19,20);3-4,6H,1-2,5,7H2;3-4,6H,1-2,5,7,11H2;1-3H;1-4H2,(H,6,7);1H;1H3;/q;;;;;;-1;. The number of amides is 4. The summed E-state index contributed by atoms with van der Waals surface area (Å²) in [6.07, 6.45) is 19.1. The first-order valence-electron chi connectivity index (χ1n) is 23.9. The van der Waals surface area contributed by atoms with Crippen LogP contribution in [0.3, 0.4) is 0 Å². The Labute approximate surface area is 503 Å². The topological polar surface area (TPSA) is 317 Å². The van der Waals surface area contributed by atoms with Gasteiger partial charge in [-0.1, -0.05) is 46.4 Å². The third-order valence-corrected chi connectivity index (χ3v) is 12.6. The Morgan fingerprint density at radius 3 is 1.46 bits per heavy atom. The van der Waals surface area contributed by atoms with E-state index in [9.17, 15) is 39.4 Å². The fraction of sp³-hybridized carbons (Fsp3) is 0.327. The number of nitrogen functional groups attached to an aromatic ring is 1. The summed E-state index contributed by atoms with van der Waals surface area (Å²) in [5.74, 6) is 2.04. The summed E-state index contributed by atoms with van der Waals surface area (Å²) >= 11 is 33.5. The molecule has 0 radical (unpaired) electrons. The molecule has 4 amide bonds. The number of pyridine rings is 4. The number of nitro groups is 2. The van der Waals surface area contributed by atoms with Gasteiger partial charge in [0.15, 0.2) is 22.6 Å². The molecule has 4 saturated heterocycles. The maximum atomic E-state index is 12.1. The third kappa shape index (κ3) is 21.5. The Bertz CT molecular complexity index is 3040. The third-order valence-electron chi connectivity index (χ3n) is 11.0. The second-order valence-electron chi connectivity index (χ2n) is 16.5. The van der Waals surface area contributed by atoms with Gasteiger partial charge in [0.2, 0.25) is 45.2 Å². The molecule has 0 atom stereocenters. The number of nitrogens with zero attached hydrogens (tertiary/aromatic N) is 13. The molecule has 0 unspecified atom stereocenters. The summed E-state index contributed by atoms with van der Waals surface area (Å²) in [6.45, 7) is 2.79. The van der Waals surface area contributed by atoms with Gasteiger partial charge in [-0.15, -0.1) is 0 Å². The van der Waals surface area contributed by atoms with Crippen molar-refractivity contribution in [3.8, 4) is 0 Å². The minimum Gasteiger partial charge on any atom is -0.396 e. The second-order valence-corrected chi connectivity index (χ2v) is 18.7. The van der Waals surface area contributed by atoms with Crippen LogP contribution >= 0.6 is 69.6 Å². The number of hydrogen-bond acceptors (Lipinski definition) is 18. The van der Waals surface area contributed by atoms with E-state index < -0.39 is 9.85 Å². The van der Waals surface area contributed by atoms with E-state index in [0.717, 1.165) is 70.9 Å². The van der Waals surface area contributed by atoms with Crippen molar-refractivity contribution < 1.29 is 49.4 Å². The molecule has 6 aromatic heterocycles. The first-order chi connectivity index (χ1) is 37.4. The molecule has 4 N–H and O–H groups in total. The van der Waals surface area contributed by atoms with E-state index in [1.807, 2.05) is 6.07 Å². The van der Waals surface area contributed by atoms with Crippen LogP contribution in [0.15, 0.2) is 85.7 Å². The summed E-state index contributed by atoms with van der Waals surface area (Å²) in [5.41, 5.74) is 6.70. The Balaban J connectivity index is 0.000000261. The Morgan fingerprint density at radius 2 is 1.00 bits per heavy atom. The molecule has 6 aromatic rings. The number of piperidine rings is 4. The van der Waals surface area contributed by atoms with Gasteiger partial charge in [0.1, 0.15) is 5.02 Å². The van der Waals surface area contributed by atoms with Gasteiger partial charge in [0.25, 0.3) is 0 Å². The zero-order chi connectivity index (χ0) is 56.6. The van der Waals surface area contributed by atoms with Gasteiger partial charge in [0.05, 0.1) is 38.6 Å². The summed E-state index contributed by atoms with van der Waals surface area (Å²) in [6, 6.07) is 12.8. The largest absolute Gasteiger partial charge is 0.396 e. The molecular weight excluding hydrogens is 1260 g/mol. The molecule has 0 saturated carbocycles. The van der Waals surface area contributed by atoms with Crippen molar-refractivity contribution >= 4 is 139 Å². The maximum absolute atomic E-state index is 12.1. The molecule has 10 rings (SSSR count). The average molecular weight is 1310 g/mol. The van der Waals surface area contributed by atoms with Crippen LogP contribution in [-0.4, -0.2) is 99.5 Å². The molecule has 0 spiro atoms. The van der Waals surface area contributed by atoms with Gasteiger partial charge >= 0.3 is 11.4 Å². The Morgan fingerprint density at radius 1 is 0.537 bits per heavy atom. The van der Waals surface area contributed by atoms with Gasteiger partial charge in [-0.2, -0.15) is 4.98 Å². The van der Waals surface area contributed by atoms with E-state index in [4.69, 9.17) is 75.3 Å². The summed E-state index contributed by atoms with van der Waals surface area (Å²) in [5, 5.41) is 27.7. The maximum Gasteiger partial charge on any atom is 0.312 e. The van der Waals surface area contributed by atoms with Gasteiger partial charge in [-0.05, 0) is 111 Å². The molecule has 0 aliphatic carbocycles. The van der Waals surface area contributed by atoms with E-state index in [1.54, 1.807) is 40.4 Å². The van der Waals surface area contributed by atoms with Crippen LogP contribution in [0.5, 0.6) is 0 Å². The fourth-order valence-corrected chi connectivity index (χ4v) is 8.16. The molecule has 4 aliphatic heterocycles. The predicted octanol–water partition coefficient (Wildman–Crippen LogP) is 10.9. The molecule has 80 heavy (non-hydrogen) atoms. The second kappa shape index (κ2) is 35.2. The van der Waals surface area contributed by atoms with Crippen molar-refractivity contribution in [2.45, 2.75) is 77.0 Å². The van der Waals surface area contributed by atoms with Crippen LogP contribution in [0, 0.1) is 27.7 Å². The van der Waals surface area contributed by atoms with Crippen LogP contribution < -0.4 is 31.1 Å². The van der Waals surface area contributed by atoms with Gasteiger partial charge in [-0.3, -0.25) is 54.1 Å². The monoisotopic (exact) mass is 1310 g/mol. The summed E-state index contributed by atoms with van der Waals surface area (Å²) < 4.78 is 0. The molecule has 31 heteroatoms. The SMILES string of the molecule is Clc1ncc(Cl)c(Cl)n1.Nc1cccnc1N1CCCCC1=O.O=C1CCCCN1.O=C1CCCCN1c1ncccc1Nc1nc(Cl)ncc1Cl.O=C1CCCCN1c1ncccc1[N+](=O)[O-].O=[N+]([O-])c1cccnc1Cl.[CH3-].[Pd]. The number of hydrogen-bond donors (Lipinski definition) is 3. The molecule has 4 fully saturated rings. The van der Waals surface area contributed by atoms with Crippen LogP contribution in [0.4, 0.5) is 46.0 Å². The van der Waals surface area contributed by atoms with E-state index >= 15 is 0 Å². The first kappa shape index (κ1) is 67.7. The van der Waals surface area contributed by atoms with Crippen LogP contribution in [-0.2, 0) is 39.6 Å². The molecule has 24 nitrogen and oxygen atoms in total. The van der Waals surface area contributed by atoms with Crippen LogP contribution in [0.25, 0.3) is 0 Å². The van der Waals surface area contributed by atoms with Crippen molar-refractivity contribution in [3.05, 3.63) is 144 Å². The molecule has 0 aromatic carbocycles. The van der Waals surface area contributed by atoms with Gasteiger partial charge in [-0.25, -0.2) is 34.9 Å². The average Bonchev–Trinajstić information content (AvgIpc) is 3.43. The zero-order valence-electron chi connectivity index (χ0n) is 42.6. The Kier molecular flexibility index (Phi) is 29.8. The summed E-state index contributed by atoms with van der Waals surface area (Å²) in [4.78, 5) is 101. The van der Waals surface area contributed by atoms with Crippen molar-refractivity contribution in [1.29, 1.82) is 0 Å². The number of anilines is 6. The van der Waals surface area contributed by atoms with E-state index in [-0.39, 0.29) is 89.5 Å². The normalized spacial score (nSPS) is 14.5.